The maximum atomic E-state index is 6.00. The molecule has 0 spiro atoms. The third-order valence-electron chi connectivity index (χ3n) is 9.75. The fourth-order valence-electron chi connectivity index (χ4n) is 7.10. The van der Waals surface area contributed by atoms with Crippen LogP contribution < -0.4 is 9.47 Å². The van der Waals surface area contributed by atoms with Crippen LogP contribution in [0.25, 0.3) is 33.4 Å². The number of hydrogen-bond acceptors (Lipinski definition) is 4. The molecule has 0 unspecified atom stereocenters. The average molecular weight is 709 g/mol. The van der Waals surface area contributed by atoms with Crippen molar-refractivity contribution in [2.24, 2.45) is 9.98 Å². The molecule has 1 aliphatic carbocycles. The molecular weight excluding hydrogens is 673 g/mol. The van der Waals surface area contributed by atoms with Gasteiger partial charge in [0.25, 0.3) is 0 Å². The average Bonchev–Trinajstić information content (AvgIpc) is 3.63. The SMILES string of the molecule is C(=Nc1ccc(-c2cccc3c2Cc2c(-c4ccc(N=Cc5cccc(Oc6ccccc6)c5)cc4)cccc2-3)cc1)c1cccc(Oc2ccccc2)c1. The van der Waals surface area contributed by atoms with Gasteiger partial charge in [-0.05, 0) is 135 Å². The van der Waals surface area contributed by atoms with Crippen LogP contribution in [-0.2, 0) is 6.42 Å². The third kappa shape index (κ3) is 7.61. The van der Waals surface area contributed by atoms with Gasteiger partial charge in [0.1, 0.15) is 23.0 Å². The molecule has 0 saturated carbocycles. The van der Waals surface area contributed by atoms with Gasteiger partial charge >= 0.3 is 0 Å². The van der Waals surface area contributed by atoms with E-state index < -0.39 is 0 Å². The molecule has 0 bridgehead atoms. The Morgan fingerprint density at radius 3 is 1.16 bits per heavy atom. The Bertz CT molecular complexity index is 2460. The minimum atomic E-state index is 0.780. The monoisotopic (exact) mass is 708 g/mol. The zero-order valence-corrected chi connectivity index (χ0v) is 30.0. The molecule has 4 nitrogen and oxygen atoms in total. The number of fused-ring (bicyclic) bond motifs is 3. The lowest BCUT2D eigenvalue weighted by atomic mass is 9.95. The van der Waals surface area contributed by atoms with Gasteiger partial charge in [-0.15, -0.1) is 0 Å². The number of nitrogens with zero attached hydrogens (tertiary/aromatic N) is 2. The zero-order chi connectivity index (χ0) is 36.8. The van der Waals surface area contributed by atoms with Gasteiger partial charge in [-0.2, -0.15) is 0 Å². The van der Waals surface area contributed by atoms with Crippen LogP contribution >= 0.6 is 0 Å². The number of hydrogen-bond donors (Lipinski definition) is 0. The van der Waals surface area contributed by atoms with Crippen molar-refractivity contribution in [3.05, 3.63) is 216 Å². The van der Waals surface area contributed by atoms with Crippen molar-refractivity contribution in [2.75, 3.05) is 0 Å². The fraction of sp³-hybridized carbons (Fsp3) is 0.0196. The van der Waals surface area contributed by atoms with Gasteiger partial charge in [-0.3, -0.25) is 9.98 Å². The summed E-state index contributed by atoms with van der Waals surface area (Å²) in [5, 5.41) is 0. The summed E-state index contributed by atoms with van der Waals surface area (Å²) in [6, 6.07) is 65.9. The van der Waals surface area contributed by atoms with E-state index in [1.807, 2.05) is 122 Å². The maximum absolute atomic E-state index is 6.00. The van der Waals surface area contributed by atoms with E-state index in [2.05, 4.69) is 84.9 Å². The smallest absolute Gasteiger partial charge is 0.128 e. The molecular formula is C51H36N2O2. The van der Waals surface area contributed by atoms with E-state index in [1.54, 1.807) is 0 Å². The Kier molecular flexibility index (Phi) is 9.36. The highest BCUT2D eigenvalue weighted by molar-refractivity contribution is 5.90. The molecule has 9 rings (SSSR count). The fourth-order valence-corrected chi connectivity index (χ4v) is 7.10. The first kappa shape index (κ1) is 33.5. The van der Waals surface area contributed by atoms with E-state index in [9.17, 15) is 0 Å². The predicted octanol–water partition coefficient (Wildman–Crippen LogP) is 13.7. The van der Waals surface area contributed by atoms with Crippen LogP contribution in [0.3, 0.4) is 0 Å². The maximum Gasteiger partial charge on any atom is 0.128 e. The largest absolute Gasteiger partial charge is 0.457 e. The molecule has 1 aliphatic rings. The highest BCUT2D eigenvalue weighted by Crippen LogP contribution is 2.45. The van der Waals surface area contributed by atoms with Crippen molar-refractivity contribution in [1.29, 1.82) is 0 Å². The Morgan fingerprint density at radius 2 is 0.727 bits per heavy atom. The highest BCUT2D eigenvalue weighted by atomic mass is 16.5. The second kappa shape index (κ2) is 15.4. The number of benzene rings is 8. The van der Waals surface area contributed by atoms with Crippen molar-refractivity contribution < 1.29 is 9.47 Å². The van der Waals surface area contributed by atoms with Gasteiger partial charge < -0.3 is 9.47 Å². The van der Waals surface area contributed by atoms with Crippen LogP contribution in [0.5, 0.6) is 23.0 Å². The lowest BCUT2D eigenvalue weighted by Gasteiger charge is -2.09. The Labute approximate surface area is 321 Å². The summed E-state index contributed by atoms with van der Waals surface area (Å²) < 4.78 is 12.0. The van der Waals surface area contributed by atoms with Gasteiger partial charge in [-0.1, -0.05) is 121 Å². The first-order chi connectivity index (χ1) is 27.2. The van der Waals surface area contributed by atoms with Crippen molar-refractivity contribution in [1.82, 2.24) is 0 Å². The third-order valence-corrected chi connectivity index (χ3v) is 9.75. The molecule has 4 heteroatoms. The second-order valence-corrected chi connectivity index (χ2v) is 13.4. The topological polar surface area (TPSA) is 43.2 Å². The standard InChI is InChI=1S/C51H36N2O2/c1-3-13-42(14-4-1)54-44-17-7-11-36(31-44)34-52-40-27-23-38(24-28-40)46-19-9-21-48-49-22-10-20-47(51(49)33-50(46)48)39-25-29-41(30-26-39)53-35-37-12-8-18-45(32-37)55-43-15-5-2-6-16-43/h1-32,34-35H,33H2. The highest BCUT2D eigenvalue weighted by Gasteiger charge is 2.24. The number of ether oxygens (including phenoxy) is 2. The van der Waals surface area contributed by atoms with Crippen molar-refractivity contribution >= 4 is 23.8 Å². The lowest BCUT2D eigenvalue weighted by Crippen LogP contribution is -1.90. The molecule has 0 atom stereocenters. The summed E-state index contributed by atoms with van der Waals surface area (Å²) >= 11 is 0. The molecule has 55 heavy (non-hydrogen) atoms. The summed E-state index contributed by atoms with van der Waals surface area (Å²) in [5.41, 5.74) is 13.9. The van der Waals surface area contributed by atoms with Crippen LogP contribution in [0.1, 0.15) is 22.3 Å². The summed E-state index contributed by atoms with van der Waals surface area (Å²) in [6.45, 7) is 0. The van der Waals surface area contributed by atoms with Crippen LogP contribution in [0, 0.1) is 0 Å². The van der Waals surface area contributed by atoms with Gasteiger partial charge in [0.2, 0.25) is 0 Å². The molecule has 0 fully saturated rings. The molecule has 8 aromatic carbocycles. The first-order valence-electron chi connectivity index (χ1n) is 18.4. The van der Waals surface area contributed by atoms with E-state index in [4.69, 9.17) is 19.5 Å². The lowest BCUT2D eigenvalue weighted by molar-refractivity contribution is 0.482. The molecule has 0 saturated heterocycles. The molecule has 0 aromatic heterocycles. The first-order valence-corrected chi connectivity index (χ1v) is 18.4. The summed E-state index contributed by atoms with van der Waals surface area (Å²) in [4.78, 5) is 9.53. The van der Waals surface area contributed by atoms with Crippen LogP contribution in [0.15, 0.2) is 204 Å². The minimum absolute atomic E-state index is 0.780. The Balaban J connectivity index is 0.895. The van der Waals surface area contributed by atoms with Crippen LogP contribution in [0.4, 0.5) is 11.4 Å². The predicted molar refractivity (Wildman–Crippen MR) is 226 cm³/mol. The van der Waals surface area contributed by atoms with Crippen molar-refractivity contribution in [3.8, 4) is 56.4 Å². The molecule has 0 amide bonds. The van der Waals surface area contributed by atoms with Gasteiger partial charge in [0.15, 0.2) is 0 Å². The van der Waals surface area contributed by atoms with E-state index in [1.165, 1.54) is 44.5 Å². The second-order valence-electron chi connectivity index (χ2n) is 13.4. The number of rotatable bonds is 10. The van der Waals surface area contributed by atoms with Gasteiger partial charge in [0.05, 0.1) is 11.4 Å². The number of aliphatic imine (C=N–C) groups is 2. The molecule has 0 N–H and O–H groups in total. The molecule has 0 aliphatic heterocycles. The molecule has 8 aromatic rings. The van der Waals surface area contributed by atoms with Crippen molar-refractivity contribution in [3.63, 3.8) is 0 Å². The minimum Gasteiger partial charge on any atom is -0.457 e. The van der Waals surface area contributed by atoms with Gasteiger partial charge in [0, 0.05) is 12.4 Å². The van der Waals surface area contributed by atoms with E-state index in [0.29, 0.717) is 0 Å². The van der Waals surface area contributed by atoms with Crippen LogP contribution in [0.2, 0.25) is 0 Å². The molecule has 262 valence electrons. The van der Waals surface area contributed by atoms with E-state index in [0.717, 1.165) is 51.9 Å². The number of para-hydroxylation sites is 2. The van der Waals surface area contributed by atoms with E-state index in [-0.39, 0.29) is 0 Å². The molecule has 0 radical (unpaired) electrons. The quantitative estimate of drug-likeness (QED) is 0.133. The van der Waals surface area contributed by atoms with Crippen LogP contribution in [-0.4, -0.2) is 12.4 Å². The summed E-state index contributed by atoms with van der Waals surface area (Å²) in [5.74, 6) is 3.18. The Hall–Kier alpha value is -7.30. The summed E-state index contributed by atoms with van der Waals surface area (Å²) in [6.07, 6.45) is 4.64. The van der Waals surface area contributed by atoms with E-state index >= 15 is 0 Å². The molecule has 0 heterocycles. The Morgan fingerprint density at radius 1 is 0.345 bits per heavy atom. The normalized spacial score (nSPS) is 11.8. The summed E-state index contributed by atoms with van der Waals surface area (Å²) in [7, 11) is 0. The zero-order valence-electron chi connectivity index (χ0n) is 30.0. The van der Waals surface area contributed by atoms with Crippen molar-refractivity contribution in [2.45, 2.75) is 6.42 Å². The van der Waals surface area contributed by atoms with Gasteiger partial charge in [-0.25, -0.2) is 0 Å².